The summed E-state index contributed by atoms with van der Waals surface area (Å²) in [5.41, 5.74) is 6.78. The minimum Gasteiger partial charge on any atom is -0.481 e. The normalized spacial score (nSPS) is 14.1. The summed E-state index contributed by atoms with van der Waals surface area (Å²) in [6, 6.07) is 0.951. The van der Waals surface area contributed by atoms with Gasteiger partial charge in [-0.2, -0.15) is 0 Å². The van der Waals surface area contributed by atoms with Crippen molar-refractivity contribution in [2.24, 2.45) is 5.73 Å². The number of carboxylic acid groups (broad SMARTS) is 3. The highest BCUT2D eigenvalue weighted by molar-refractivity contribution is 5.95. The molecule has 0 aliphatic carbocycles. The third-order valence-corrected chi connectivity index (χ3v) is 5.54. The lowest BCUT2D eigenvalue weighted by Gasteiger charge is -2.24. The van der Waals surface area contributed by atoms with Crippen LogP contribution in [0, 0.1) is 0 Å². The molecule has 1 aromatic carbocycles. The quantitative estimate of drug-likeness (QED) is 0.119. The largest absolute Gasteiger partial charge is 0.481 e. The second kappa shape index (κ2) is 13.7. The molecule has 0 saturated heterocycles. The van der Waals surface area contributed by atoms with Gasteiger partial charge < -0.3 is 47.1 Å². The molecule has 0 spiro atoms. The van der Waals surface area contributed by atoms with Gasteiger partial charge in [0, 0.05) is 29.9 Å². The number of aliphatic hydroxyl groups excluding tert-OH is 1. The van der Waals surface area contributed by atoms with Gasteiger partial charge in [0.05, 0.1) is 19.1 Å². The molecule has 3 amide bonds. The molecule has 38 heavy (non-hydrogen) atoms. The zero-order valence-corrected chi connectivity index (χ0v) is 20.0. The van der Waals surface area contributed by atoms with Gasteiger partial charge in [0.2, 0.25) is 17.7 Å². The molecule has 0 fully saturated rings. The number of nitrogens with two attached hydrogens (primary N) is 1. The minimum atomic E-state index is -1.65. The lowest BCUT2D eigenvalue weighted by atomic mass is 10.0. The minimum absolute atomic E-state index is 0.124. The Morgan fingerprint density at radius 2 is 1.45 bits per heavy atom. The highest BCUT2D eigenvalue weighted by atomic mass is 16.4. The number of aromatic nitrogens is 1. The Kier molecular flexibility index (Phi) is 10.7. The Hall–Kier alpha value is -4.50. The Balaban J connectivity index is 2.14. The molecule has 10 N–H and O–H groups in total. The summed E-state index contributed by atoms with van der Waals surface area (Å²) in [4.78, 5) is 74.3. The SMILES string of the molecule is NC(CC(=O)O)C(=O)NC(CO)C(=O)NC(CCC(=O)O)C(=O)NC(Cc1c[nH]c2ccccc12)C(=O)O. The van der Waals surface area contributed by atoms with Crippen LogP contribution in [0.5, 0.6) is 0 Å². The molecule has 4 atom stereocenters. The van der Waals surface area contributed by atoms with Crippen LogP contribution in [0.2, 0.25) is 0 Å². The van der Waals surface area contributed by atoms with Crippen molar-refractivity contribution in [1.29, 1.82) is 0 Å². The predicted octanol–water partition coefficient (Wildman–Crippen LogP) is -2.09. The van der Waals surface area contributed by atoms with Crippen molar-refractivity contribution in [1.82, 2.24) is 20.9 Å². The lowest BCUT2D eigenvalue weighted by Crippen LogP contribution is -2.58. The average Bonchev–Trinajstić information content (AvgIpc) is 3.26. The first-order valence-corrected chi connectivity index (χ1v) is 11.4. The van der Waals surface area contributed by atoms with Crippen LogP contribution >= 0.6 is 0 Å². The van der Waals surface area contributed by atoms with E-state index in [4.69, 9.17) is 15.9 Å². The molecule has 1 heterocycles. The standard InChI is InChI=1S/C23H29N5O10/c24-13(8-19(32)33)20(34)28-17(10-29)22(36)26-15(5-6-18(30)31)21(35)27-16(23(37)38)7-11-9-25-14-4-2-1-3-12(11)14/h1-4,9,13,15-17,25,29H,5-8,10,24H2,(H,26,36)(H,27,35)(H,28,34)(H,30,31)(H,32,33)(H,37,38). The number of carboxylic acids is 3. The molecule has 0 radical (unpaired) electrons. The number of hydrogen-bond acceptors (Lipinski definition) is 8. The first kappa shape index (κ1) is 29.7. The molecule has 0 saturated carbocycles. The monoisotopic (exact) mass is 535 g/mol. The van der Waals surface area contributed by atoms with Crippen LogP contribution in [0.3, 0.4) is 0 Å². The number of H-pyrrole nitrogens is 1. The molecule has 0 aliphatic heterocycles. The van der Waals surface area contributed by atoms with Gasteiger partial charge >= 0.3 is 17.9 Å². The molecule has 0 bridgehead atoms. The van der Waals surface area contributed by atoms with Crippen molar-refractivity contribution in [3.05, 3.63) is 36.0 Å². The second-order valence-corrected chi connectivity index (χ2v) is 8.40. The van der Waals surface area contributed by atoms with Gasteiger partial charge in [-0.15, -0.1) is 0 Å². The fourth-order valence-electron chi connectivity index (χ4n) is 3.56. The maximum atomic E-state index is 12.9. The van der Waals surface area contributed by atoms with Gasteiger partial charge in [-0.05, 0) is 18.1 Å². The Bertz CT molecular complexity index is 1200. The van der Waals surface area contributed by atoms with Crippen LogP contribution in [-0.4, -0.2) is 91.8 Å². The van der Waals surface area contributed by atoms with Crippen molar-refractivity contribution >= 4 is 46.5 Å². The summed E-state index contributed by atoms with van der Waals surface area (Å²) in [6.45, 7) is -0.955. The predicted molar refractivity (Wildman–Crippen MR) is 130 cm³/mol. The summed E-state index contributed by atoms with van der Waals surface area (Å²) < 4.78 is 0. The van der Waals surface area contributed by atoms with E-state index < -0.39 is 85.7 Å². The van der Waals surface area contributed by atoms with Crippen LogP contribution in [0.1, 0.15) is 24.8 Å². The summed E-state index contributed by atoms with van der Waals surface area (Å²) in [7, 11) is 0. The van der Waals surface area contributed by atoms with E-state index in [9.17, 15) is 39.0 Å². The number of aliphatic hydroxyl groups is 1. The van der Waals surface area contributed by atoms with E-state index in [2.05, 4.69) is 20.9 Å². The highest BCUT2D eigenvalue weighted by Crippen LogP contribution is 2.19. The third kappa shape index (κ3) is 8.56. The molecule has 15 heteroatoms. The zero-order chi connectivity index (χ0) is 28.4. The maximum Gasteiger partial charge on any atom is 0.326 e. The zero-order valence-electron chi connectivity index (χ0n) is 20.0. The molecule has 0 aliphatic rings. The molecular formula is C23H29N5O10. The van der Waals surface area contributed by atoms with Gasteiger partial charge in [0.1, 0.15) is 18.1 Å². The van der Waals surface area contributed by atoms with Gasteiger partial charge in [-0.3, -0.25) is 24.0 Å². The third-order valence-electron chi connectivity index (χ3n) is 5.54. The van der Waals surface area contributed by atoms with Gasteiger partial charge in [-0.1, -0.05) is 18.2 Å². The maximum absolute atomic E-state index is 12.9. The number of rotatable bonds is 15. The van der Waals surface area contributed by atoms with Crippen molar-refractivity contribution in [3.8, 4) is 0 Å². The second-order valence-electron chi connectivity index (χ2n) is 8.40. The topological polar surface area (TPSA) is 261 Å². The fourth-order valence-corrected chi connectivity index (χ4v) is 3.56. The van der Waals surface area contributed by atoms with Crippen LogP contribution in [0.4, 0.5) is 0 Å². The van der Waals surface area contributed by atoms with E-state index in [1.807, 2.05) is 0 Å². The number of para-hydroxylation sites is 1. The summed E-state index contributed by atoms with van der Waals surface area (Å²) >= 11 is 0. The summed E-state index contributed by atoms with van der Waals surface area (Å²) in [6.07, 6.45) is -0.279. The van der Waals surface area contributed by atoms with Gasteiger partial charge in [0.25, 0.3) is 0 Å². The number of carbonyl (C=O) groups is 6. The molecule has 2 rings (SSSR count). The van der Waals surface area contributed by atoms with Crippen LogP contribution < -0.4 is 21.7 Å². The smallest absolute Gasteiger partial charge is 0.326 e. The van der Waals surface area contributed by atoms with E-state index in [0.29, 0.717) is 5.56 Å². The number of aromatic amines is 1. The number of amides is 3. The Labute approximate surface area is 215 Å². The average molecular weight is 536 g/mol. The number of hydrogen-bond donors (Lipinski definition) is 9. The summed E-state index contributed by atoms with van der Waals surface area (Å²) in [5.74, 6) is -7.20. The molecule has 1 aromatic heterocycles. The summed E-state index contributed by atoms with van der Waals surface area (Å²) in [5, 5.41) is 44.2. The first-order valence-electron chi connectivity index (χ1n) is 11.4. The van der Waals surface area contributed by atoms with Gasteiger partial charge in [0.15, 0.2) is 0 Å². The number of benzene rings is 1. The number of nitrogens with one attached hydrogen (secondary N) is 4. The molecule has 15 nitrogen and oxygen atoms in total. The number of aliphatic carboxylic acids is 3. The molecule has 2 aromatic rings. The Morgan fingerprint density at radius 3 is 2.05 bits per heavy atom. The first-order chi connectivity index (χ1) is 17.9. The van der Waals surface area contributed by atoms with Gasteiger partial charge in [-0.25, -0.2) is 4.79 Å². The van der Waals surface area contributed by atoms with Crippen LogP contribution in [0.15, 0.2) is 30.5 Å². The highest BCUT2D eigenvalue weighted by Gasteiger charge is 2.31. The van der Waals surface area contributed by atoms with Crippen molar-refractivity contribution in [2.75, 3.05) is 6.61 Å². The molecule has 4 unspecified atom stereocenters. The molecular weight excluding hydrogens is 506 g/mol. The fraction of sp³-hybridized carbons (Fsp3) is 0.391. The van der Waals surface area contributed by atoms with Crippen molar-refractivity contribution in [2.45, 2.75) is 49.9 Å². The van der Waals surface area contributed by atoms with E-state index in [1.165, 1.54) is 0 Å². The lowest BCUT2D eigenvalue weighted by molar-refractivity contribution is -0.143. The van der Waals surface area contributed by atoms with Crippen LogP contribution in [-0.2, 0) is 35.2 Å². The Morgan fingerprint density at radius 1 is 0.842 bits per heavy atom. The van der Waals surface area contributed by atoms with E-state index in [0.717, 1.165) is 10.9 Å². The van der Waals surface area contributed by atoms with Crippen molar-refractivity contribution in [3.63, 3.8) is 0 Å². The van der Waals surface area contributed by atoms with E-state index in [-0.39, 0.29) is 6.42 Å². The number of carbonyl (C=O) groups excluding carboxylic acids is 3. The van der Waals surface area contributed by atoms with Crippen molar-refractivity contribution < 1.29 is 49.2 Å². The van der Waals surface area contributed by atoms with E-state index in [1.54, 1.807) is 30.5 Å². The van der Waals surface area contributed by atoms with E-state index >= 15 is 0 Å². The number of fused-ring (bicyclic) bond motifs is 1. The molecule has 206 valence electrons. The van der Waals surface area contributed by atoms with Crippen LogP contribution in [0.25, 0.3) is 10.9 Å².